The lowest BCUT2D eigenvalue weighted by Crippen LogP contribution is -2.06. The van der Waals surface area contributed by atoms with Gasteiger partial charge in [-0.05, 0) is 121 Å². The number of rotatable bonds is 15. The summed E-state index contributed by atoms with van der Waals surface area (Å²) < 4.78 is 33.0. The first-order valence-electron chi connectivity index (χ1n) is 24.4. The molecule has 2 aliphatic carbocycles. The quantitative estimate of drug-likeness (QED) is 0.0661. The molecule has 0 spiro atoms. The highest BCUT2D eigenvalue weighted by Crippen LogP contribution is 2.47. The molecule has 3 N–H and O–H groups in total. The lowest BCUT2D eigenvalue weighted by molar-refractivity contribution is 0.0513. The monoisotopic (exact) mass is 956 g/mol. The van der Waals surface area contributed by atoms with Crippen LogP contribution in [0.1, 0.15) is 119 Å². The fourth-order valence-electron chi connectivity index (χ4n) is 10.1. The summed E-state index contributed by atoms with van der Waals surface area (Å²) in [6, 6.07) is 34.1. The predicted octanol–water partition coefficient (Wildman–Crippen LogP) is 13.0. The van der Waals surface area contributed by atoms with Gasteiger partial charge in [-0.15, -0.1) is 0 Å². The summed E-state index contributed by atoms with van der Waals surface area (Å²) in [6.07, 6.45) is 15.3. The Morgan fingerprint density at radius 1 is 0.563 bits per heavy atom. The number of carbonyl (C=O) groups excluding carboxylic acids is 2. The summed E-state index contributed by atoms with van der Waals surface area (Å²) in [5.41, 5.74) is 10.5. The molecule has 4 aromatic heterocycles. The number of nitrogens with one attached hydrogen (secondary N) is 2. The molecule has 2 fully saturated rings. The Morgan fingerprint density at radius 2 is 1.06 bits per heavy atom. The summed E-state index contributed by atoms with van der Waals surface area (Å²) in [5, 5.41) is 13.2. The van der Waals surface area contributed by atoms with E-state index < -0.39 is 0 Å². The zero-order valence-electron chi connectivity index (χ0n) is 40.5. The van der Waals surface area contributed by atoms with Crippen LogP contribution in [0.4, 0.5) is 0 Å². The fraction of sp³-hybridized carbons (Fsp3) is 0.310. The van der Waals surface area contributed by atoms with E-state index in [1.165, 1.54) is 63.9 Å². The first-order chi connectivity index (χ1) is 34.8. The van der Waals surface area contributed by atoms with Crippen molar-refractivity contribution >= 4 is 33.7 Å². The topological polar surface area (TPSA) is 167 Å². The Balaban J connectivity index is 0.000000176. The van der Waals surface area contributed by atoms with Crippen molar-refractivity contribution in [2.24, 2.45) is 0 Å². The minimum absolute atomic E-state index is 0.113. The number of aromatic nitrogens is 4. The van der Waals surface area contributed by atoms with Gasteiger partial charge in [0, 0.05) is 64.6 Å². The maximum absolute atomic E-state index is 12.2. The van der Waals surface area contributed by atoms with Crippen molar-refractivity contribution < 1.29 is 43.1 Å². The molecular weight excluding hydrogens is 897 g/mol. The molecule has 13 nitrogen and oxygen atoms in total. The molecule has 13 heteroatoms. The molecule has 0 amide bonds. The van der Waals surface area contributed by atoms with Crippen LogP contribution in [0.3, 0.4) is 0 Å². The standard InChI is InChI=1S/C30H32N2O5.C28H28N2O4/c1-34-19-37-27-17-23(36-18-22-10-6-7-15-31-22)12-14-25(27)29-28(20-8-4-3-5-9-20)24-13-11-21(30(33)35-2)16-26(24)32-29;1-33-28(32)19-10-12-22-24(15-19)30-27(26(22)18-7-3-2-4-8-18)23-13-11-21(16-25(23)31)34-17-20-9-5-6-14-29-20/h6-7,10-17,20,32H,3-5,8-9,18-19H2,1-2H3;5-6,9-16,18,30-31H,2-4,7-8,17H2,1H3. The third kappa shape index (κ3) is 11.2. The number of H-pyrrole nitrogens is 2. The van der Waals surface area contributed by atoms with Gasteiger partial charge in [-0.25, -0.2) is 9.59 Å². The summed E-state index contributed by atoms with van der Waals surface area (Å²) in [4.78, 5) is 40.0. The number of hydrogen-bond acceptors (Lipinski definition) is 11. The molecular formula is C58H60N4O9. The molecule has 0 radical (unpaired) electrons. The summed E-state index contributed by atoms with van der Waals surface area (Å²) in [5.74, 6) is 2.19. The van der Waals surface area contributed by atoms with E-state index in [9.17, 15) is 14.7 Å². The minimum Gasteiger partial charge on any atom is -0.507 e. The number of ether oxygens (including phenoxy) is 6. The smallest absolute Gasteiger partial charge is 0.337 e. The van der Waals surface area contributed by atoms with Gasteiger partial charge in [0.15, 0.2) is 6.79 Å². The van der Waals surface area contributed by atoms with Crippen LogP contribution in [0.15, 0.2) is 122 Å². The molecule has 0 unspecified atom stereocenters. The highest BCUT2D eigenvalue weighted by molar-refractivity contribution is 6.00. The van der Waals surface area contributed by atoms with E-state index in [2.05, 4.69) is 19.9 Å². The Morgan fingerprint density at radius 3 is 1.52 bits per heavy atom. The Hall–Kier alpha value is -7.64. The molecule has 2 aliphatic rings. The highest BCUT2D eigenvalue weighted by atomic mass is 16.7. The number of fused-ring (bicyclic) bond motifs is 2. The minimum atomic E-state index is -0.366. The first kappa shape index (κ1) is 48.4. The van der Waals surface area contributed by atoms with Gasteiger partial charge in [-0.2, -0.15) is 0 Å². The van der Waals surface area contributed by atoms with Gasteiger partial charge in [0.25, 0.3) is 0 Å². The number of carbonyl (C=O) groups is 2. The van der Waals surface area contributed by atoms with Gasteiger partial charge in [0.2, 0.25) is 0 Å². The van der Waals surface area contributed by atoms with Crippen molar-refractivity contribution in [1.29, 1.82) is 0 Å². The van der Waals surface area contributed by atoms with Crippen molar-refractivity contribution in [3.05, 3.63) is 155 Å². The van der Waals surface area contributed by atoms with Gasteiger partial charge in [0.05, 0.1) is 48.1 Å². The molecule has 0 atom stereocenters. The third-order valence-electron chi connectivity index (χ3n) is 13.6. The third-order valence-corrected chi connectivity index (χ3v) is 13.6. The van der Waals surface area contributed by atoms with Crippen LogP contribution < -0.4 is 14.2 Å². The number of aromatic hydroxyl groups is 1. The van der Waals surface area contributed by atoms with E-state index in [1.54, 1.807) is 25.6 Å². The number of aromatic amines is 2. The van der Waals surface area contributed by atoms with Gasteiger partial charge in [0.1, 0.15) is 36.2 Å². The molecule has 0 bridgehead atoms. The highest BCUT2D eigenvalue weighted by Gasteiger charge is 2.28. The van der Waals surface area contributed by atoms with Gasteiger partial charge >= 0.3 is 11.9 Å². The van der Waals surface area contributed by atoms with Crippen molar-refractivity contribution in [1.82, 2.24) is 19.9 Å². The Bertz CT molecular complexity index is 3080. The largest absolute Gasteiger partial charge is 0.507 e. The van der Waals surface area contributed by atoms with Gasteiger partial charge in [-0.3, -0.25) is 9.97 Å². The second-order valence-electron chi connectivity index (χ2n) is 18.1. The lowest BCUT2D eigenvalue weighted by Gasteiger charge is -2.23. The van der Waals surface area contributed by atoms with E-state index in [1.807, 2.05) is 103 Å². The Kier molecular flexibility index (Phi) is 15.6. The van der Waals surface area contributed by atoms with E-state index >= 15 is 0 Å². The van der Waals surface area contributed by atoms with Crippen LogP contribution in [-0.4, -0.2) is 65.1 Å². The molecule has 2 saturated carbocycles. The molecule has 71 heavy (non-hydrogen) atoms. The maximum atomic E-state index is 12.2. The average molecular weight is 957 g/mol. The van der Waals surface area contributed by atoms with Crippen LogP contribution >= 0.6 is 0 Å². The molecule has 4 aromatic carbocycles. The summed E-state index contributed by atoms with van der Waals surface area (Å²) >= 11 is 0. The number of nitrogens with zero attached hydrogens (tertiary/aromatic N) is 2. The van der Waals surface area contributed by atoms with Crippen LogP contribution in [0.5, 0.6) is 23.0 Å². The van der Waals surface area contributed by atoms with Crippen LogP contribution in [0.25, 0.3) is 44.3 Å². The second kappa shape index (κ2) is 22.9. The molecule has 0 aliphatic heterocycles. The van der Waals surface area contributed by atoms with Crippen LogP contribution in [0, 0.1) is 0 Å². The van der Waals surface area contributed by atoms with Gasteiger partial charge < -0.3 is 43.5 Å². The van der Waals surface area contributed by atoms with Gasteiger partial charge in [-0.1, -0.05) is 62.8 Å². The molecule has 10 rings (SSSR count). The van der Waals surface area contributed by atoms with Crippen LogP contribution in [0.2, 0.25) is 0 Å². The zero-order valence-corrected chi connectivity index (χ0v) is 40.5. The van der Waals surface area contributed by atoms with Crippen LogP contribution in [-0.2, 0) is 27.4 Å². The fourth-order valence-corrected chi connectivity index (χ4v) is 10.1. The van der Waals surface area contributed by atoms with E-state index in [0.29, 0.717) is 53.4 Å². The first-order valence-corrected chi connectivity index (χ1v) is 24.4. The number of hydrogen-bond donors (Lipinski definition) is 3. The van der Waals surface area contributed by atoms with E-state index in [0.717, 1.165) is 81.4 Å². The molecule has 4 heterocycles. The maximum Gasteiger partial charge on any atom is 0.337 e. The van der Waals surface area contributed by atoms with Crippen molar-refractivity contribution in [3.8, 4) is 45.5 Å². The Labute approximate surface area is 413 Å². The number of benzene rings is 4. The number of pyridine rings is 2. The van der Waals surface area contributed by atoms with Crippen molar-refractivity contribution in [2.45, 2.75) is 89.3 Å². The number of phenolic OH excluding ortho intramolecular Hbond substituents is 1. The van der Waals surface area contributed by atoms with E-state index in [4.69, 9.17) is 28.4 Å². The number of methoxy groups -OCH3 is 3. The average Bonchev–Trinajstić information content (AvgIpc) is 4.00. The van der Waals surface area contributed by atoms with Crippen molar-refractivity contribution in [3.63, 3.8) is 0 Å². The SMILES string of the molecule is COC(=O)c1ccc2c(C3CCCCC3)c(-c3ccc(OCc4ccccn4)cc3O)[nH]c2c1.COCOc1cc(OCc2ccccn2)ccc1-c1[nH]c2cc(C(=O)OC)ccc2c1C1CCCCC1. The molecule has 8 aromatic rings. The molecule has 366 valence electrons. The van der Waals surface area contributed by atoms with E-state index in [-0.39, 0.29) is 24.5 Å². The predicted molar refractivity (Wildman–Crippen MR) is 273 cm³/mol. The number of esters is 2. The van der Waals surface area contributed by atoms with Crippen molar-refractivity contribution in [2.75, 3.05) is 28.1 Å². The second-order valence-corrected chi connectivity index (χ2v) is 18.1. The number of phenols is 1. The lowest BCUT2D eigenvalue weighted by atomic mass is 9.81. The zero-order chi connectivity index (χ0) is 49.1. The normalized spacial score (nSPS) is 14.1. The summed E-state index contributed by atoms with van der Waals surface area (Å²) in [6.45, 7) is 0.803. The summed E-state index contributed by atoms with van der Waals surface area (Å²) in [7, 11) is 4.39. The molecule has 0 saturated heterocycles.